The second-order valence-corrected chi connectivity index (χ2v) is 10.1. The number of hydrogen-bond donors (Lipinski definition) is 3. The van der Waals surface area contributed by atoms with Gasteiger partial charge in [0, 0.05) is 17.3 Å². The zero-order chi connectivity index (χ0) is 19.6. The fourth-order valence-corrected chi connectivity index (χ4v) is 7.80. The van der Waals surface area contributed by atoms with Crippen molar-refractivity contribution in [3.05, 3.63) is 0 Å². The number of ether oxygens (including phenoxy) is 2. The molecule has 3 aliphatic carbocycles. The van der Waals surface area contributed by atoms with Gasteiger partial charge in [-0.1, -0.05) is 13.8 Å². The maximum atomic E-state index is 13.2. The molecule has 0 aromatic carbocycles. The number of hydrogen-bond acceptors (Lipinski definition) is 7. The van der Waals surface area contributed by atoms with Crippen LogP contribution in [0.25, 0.3) is 0 Å². The van der Waals surface area contributed by atoms with E-state index in [2.05, 4.69) is 13.8 Å². The highest BCUT2D eigenvalue weighted by Crippen LogP contribution is 2.76. The van der Waals surface area contributed by atoms with Gasteiger partial charge < -0.3 is 24.8 Å². The van der Waals surface area contributed by atoms with Gasteiger partial charge in [-0.2, -0.15) is 0 Å². The molecule has 7 nitrogen and oxygen atoms in total. The fourth-order valence-electron chi connectivity index (χ4n) is 7.80. The number of esters is 1. The van der Waals surface area contributed by atoms with Crippen LogP contribution < -0.4 is 0 Å². The summed E-state index contributed by atoms with van der Waals surface area (Å²) < 4.78 is 11.6. The van der Waals surface area contributed by atoms with Crippen LogP contribution in [0.15, 0.2) is 0 Å². The van der Waals surface area contributed by atoms with E-state index in [1.54, 1.807) is 0 Å². The van der Waals surface area contributed by atoms with Crippen molar-refractivity contribution in [2.45, 2.75) is 70.6 Å². The molecule has 4 bridgehead atoms. The van der Waals surface area contributed by atoms with Gasteiger partial charge in [-0.3, -0.25) is 9.59 Å². The number of aliphatic hydroxyl groups is 3. The third-order valence-electron chi connectivity index (χ3n) is 8.83. The Hall–Kier alpha value is -1.02. The van der Waals surface area contributed by atoms with Crippen molar-refractivity contribution in [2.75, 3.05) is 6.61 Å². The minimum Gasteiger partial charge on any atom is -0.456 e. The van der Waals surface area contributed by atoms with E-state index in [-0.39, 0.29) is 23.7 Å². The molecule has 150 valence electrons. The van der Waals surface area contributed by atoms with E-state index < -0.39 is 52.7 Å². The van der Waals surface area contributed by atoms with Crippen molar-refractivity contribution in [1.82, 2.24) is 0 Å². The smallest absolute Gasteiger partial charge is 0.321 e. The molecule has 0 radical (unpaired) electrons. The van der Waals surface area contributed by atoms with E-state index >= 15 is 0 Å². The number of fused-ring (bicyclic) bond motifs is 1. The van der Waals surface area contributed by atoms with Crippen molar-refractivity contribution < 1.29 is 34.4 Å². The van der Waals surface area contributed by atoms with Gasteiger partial charge in [0.05, 0.1) is 18.8 Å². The van der Waals surface area contributed by atoms with Gasteiger partial charge in [0.1, 0.15) is 5.78 Å². The Morgan fingerprint density at radius 3 is 2.56 bits per heavy atom. The molecule has 3 saturated heterocycles. The molecule has 0 amide bonds. The maximum absolute atomic E-state index is 13.2. The van der Waals surface area contributed by atoms with Gasteiger partial charge in [0.15, 0.2) is 11.5 Å². The number of carbonyl (C=O) groups is 2. The Kier molecular flexibility index (Phi) is 3.29. The van der Waals surface area contributed by atoms with Crippen molar-refractivity contribution in [3.63, 3.8) is 0 Å². The summed E-state index contributed by atoms with van der Waals surface area (Å²) in [6.07, 6.45) is -0.805. The molecular formula is C20H28O7. The molecule has 2 spiro atoms. The number of carbonyl (C=O) groups excluding carboxylic acids is 2. The van der Waals surface area contributed by atoms with Gasteiger partial charge in [0.2, 0.25) is 5.79 Å². The average Bonchev–Trinajstić information content (AvgIpc) is 2.75. The predicted octanol–water partition coefficient (Wildman–Crippen LogP) is 0.390. The van der Waals surface area contributed by atoms with Crippen LogP contribution in [0.4, 0.5) is 0 Å². The molecule has 3 aliphatic heterocycles. The third kappa shape index (κ3) is 1.63. The van der Waals surface area contributed by atoms with E-state index in [0.717, 1.165) is 6.42 Å². The number of ketones is 1. The summed E-state index contributed by atoms with van der Waals surface area (Å²) in [6, 6.07) is 0. The van der Waals surface area contributed by atoms with Crippen molar-refractivity contribution in [1.29, 1.82) is 0 Å². The van der Waals surface area contributed by atoms with Crippen molar-refractivity contribution >= 4 is 11.8 Å². The highest BCUT2D eigenvalue weighted by molar-refractivity contribution is 5.87. The first-order valence-corrected chi connectivity index (χ1v) is 9.99. The van der Waals surface area contributed by atoms with Crippen LogP contribution in [0.1, 0.15) is 46.5 Å². The zero-order valence-corrected chi connectivity index (χ0v) is 16.0. The van der Waals surface area contributed by atoms with E-state index in [4.69, 9.17) is 9.47 Å². The molecule has 0 aromatic heterocycles. The average molecular weight is 380 g/mol. The Morgan fingerprint density at radius 1 is 1.19 bits per heavy atom. The molecule has 9 atom stereocenters. The molecule has 3 heterocycles. The topological polar surface area (TPSA) is 113 Å². The van der Waals surface area contributed by atoms with Crippen LogP contribution in [-0.4, -0.2) is 57.8 Å². The van der Waals surface area contributed by atoms with Crippen LogP contribution in [0.5, 0.6) is 0 Å². The summed E-state index contributed by atoms with van der Waals surface area (Å²) in [5.74, 6) is -4.37. The lowest BCUT2D eigenvalue weighted by molar-refractivity contribution is -0.435. The Morgan fingerprint density at radius 2 is 1.89 bits per heavy atom. The summed E-state index contributed by atoms with van der Waals surface area (Å²) in [5, 5.41) is 34.1. The SMILES string of the molecule is CC(=O)C1CCC2C34COC5(O)C(OC(=O)C25C1O)C3C(C)(C)CCC4O. The summed E-state index contributed by atoms with van der Waals surface area (Å²) >= 11 is 0. The molecule has 6 aliphatic rings. The molecular weight excluding hydrogens is 352 g/mol. The number of aliphatic hydroxyl groups excluding tert-OH is 2. The van der Waals surface area contributed by atoms with Gasteiger partial charge in [-0.05, 0) is 43.9 Å². The molecule has 0 aromatic rings. The molecule has 9 unspecified atom stereocenters. The normalized spacial score (nSPS) is 57.6. The lowest BCUT2D eigenvalue weighted by Crippen LogP contribution is -2.83. The summed E-state index contributed by atoms with van der Waals surface area (Å²) in [6.45, 7) is 5.70. The molecule has 7 heteroatoms. The van der Waals surface area contributed by atoms with Crippen LogP contribution in [0.3, 0.4) is 0 Å². The summed E-state index contributed by atoms with van der Waals surface area (Å²) in [4.78, 5) is 25.4. The van der Waals surface area contributed by atoms with E-state index in [9.17, 15) is 24.9 Å². The second kappa shape index (κ2) is 4.93. The monoisotopic (exact) mass is 380 g/mol. The third-order valence-corrected chi connectivity index (χ3v) is 8.83. The molecule has 3 N–H and O–H groups in total. The summed E-state index contributed by atoms with van der Waals surface area (Å²) in [5.41, 5.74) is -2.75. The zero-order valence-electron chi connectivity index (χ0n) is 16.0. The van der Waals surface area contributed by atoms with Crippen LogP contribution >= 0.6 is 0 Å². The minimum atomic E-state index is -1.97. The van der Waals surface area contributed by atoms with Gasteiger partial charge in [-0.25, -0.2) is 0 Å². The highest BCUT2D eigenvalue weighted by atomic mass is 16.7. The van der Waals surface area contributed by atoms with E-state index in [0.29, 0.717) is 19.3 Å². The van der Waals surface area contributed by atoms with Gasteiger partial charge >= 0.3 is 5.97 Å². The lowest BCUT2D eigenvalue weighted by atomic mass is 9.35. The van der Waals surface area contributed by atoms with E-state index in [1.807, 2.05) is 0 Å². The van der Waals surface area contributed by atoms with Crippen molar-refractivity contribution in [2.24, 2.45) is 34.0 Å². The number of rotatable bonds is 1. The van der Waals surface area contributed by atoms with Crippen LogP contribution in [0.2, 0.25) is 0 Å². The molecule has 27 heavy (non-hydrogen) atoms. The first-order valence-electron chi connectivity index (χ1n) is 9.99. The largest absolute Gasteiger partial charge is 0.456 e. The Labute approximate surface area is 158 Å². The highest BCUT2D eigenvalue weighted by Gasteiger charge is 2.89. The molecule has 6 rings (SSSR count). The van der Waals surface area contributed by atoms with Crippen LogP contribution in [0, 0.1) is 34.0 Å². The quantitative estimate of drug-likeness (QED) is 0.564. The van der Waals surface area contributed by atoms with Gasteiger partial charge in [-0.15, -0.1) is 0 Å². The lowest BCUT2D eigenvalue weighted by Gasteiger charge is -2.72. The molecule has 6 fully saturated rings. The minimum absolute atomic E-state index is 0.135. The fraction of sp³-hybridized carbons (Fsp3) is 0.900. The standard InChI is InChI=1S/C20H28O7/c1-9(21)10-4-5-11-18-8-26-20(25)15(27-16(24)19(11,20)14(10)23)13(18)17(2,3)7-6-12(18)22/h10-15,22-23,25H,4-8H2,1-3H3. The first-order chi connectivity index (χ1) is 12.5. The summed E-state index contributed by atoms with van der Waals surface area (Å²) in [7, 11) is 0. The maximum Gasteiger partial charge on any atom is 0.321 e. The predicted molar refractivity (Wildman–Crippen MR) is 91.1 cm³/mol. The van der Waals surface area contributed by atoms with Crippen LogP contribution in [-0.2, 0) is 19.1 Å². The second-order valence-electron chi connectivity index (χ2n) is 10.1. The molecule has 3 saturated carbocycles. The Bertz CT molecular complexity index is 734. The van der Waals surface area contributed by atoms with E-state index in [1.165, 1.54) is 6.92 Å². The Balaban J connectivity index is 1.77. The van der Waals surface area contributed by atoms with Crippen molar-refractivity contribution in [3.8, 4) is 0 Å². The number of Topliss-reactive ketones (excluding diaryl/α,β-unsaturated/α-hetero) is 1. The van der Waals surface area contributed by atoms with Gasteiger partial charge in [0.25, 0.3) is 0 Å². The first kappa shape index (κ1) is 18.0.